The third kappa shape index (κ3) is 3.83. The molecule has 2 heterocycles. The van der Waals surface area contributed by atoms with Crippen LogP contribution in [-0.2, 0) is 10.0 Å². The van der Waals surface area contributed by atoms with Crippen molar-refractivity contribution in [3.63, 3.8) is 0 Å². The molecule has 7 nitrogen and oxygen atoms in total. The minimum atomic E-state index is -3.70. The van der Waals surface area contributed by atoms with Crippen LogP contribution in [0.2, 0.25) is 0 Å². The van der Waals surface area contributed by atoms with Gasteiger partial charge in [-0.3, -0.25) is 0 Å². The summed E-state index contributed by atoms with van der Waals surface area (Å²) in [7, 11) is -3.70. The van der Waals surface area contributed by atoms with Gasteiger partial charge < -0.3 is 10.0 Å². The lowest BCUT2D eigenvalue weighted by Gasteiger charge is -2.22. The van der Waals surface area contributed by atoms with E-state index in [1.807, 2.05) is 4.90 Å². The number of pyridine rings is 1. The number of nitrogens with zero attached hydrogens (tertiary/aromatic N) is 3. The summed E-state index contributed by atoms with van der Waals surface area (Å²) in [5, 5.41) is 9.06. The molecule has 138 valence electrons. The molecule has 0 bridgehead atoms. The molecule has 0 unspecified atom stereocenters. The summed E-state index contributed by atoms with van der Waals surface area (Å²) in [5.74, 6) is -1.09. The van der Waals surface area contributed by atoms with Gasteiger partial charge in [0.25, 0.3) is 0 Å². The van der Waals surface area contributed by atoms with Gasteiger partial charge in [0, 0.05) is 26.2 Å². The molecule has 1 aliphatic rings. The first-order valence-electron chi connectivity index (χ1n) is 8.09. The molecule has 0 aliphatic carbocycles. The van der Waals surface area contributed by atoms with Crippen LogP contribution in [0.25, 0.3) is 0 Å². The molecule has 1 aromatic carbocycles. The Balaban J connectivity index is 1.77. The second kappa shape index (κ2) is 7.38. The number of benzene rings is 1. The molecule has 2 aromatic rings. The zero-order valence-corrected chi connectivity index (χ0v) is 14.7. The third-order valence-electron chi connectivity index (χ3n) is 4.18. The largest absolute Gasteiger partial charge is 0.477 e. The van der Waals surface area contributed by atoms with E-state index in [4.69, 9.17) is 5.11 Å². The second-order valence-corrected chi connectivity index (χ2v) is 7.82. The molecule has 1 aromatic heterocycles. The van der Waals surface area contributed by atoms with Crippen LogP contribution in [0.5, 0.6) is 0 Å². The molecule has 1 aliphatic heterocycles. The van der Waals surface area contributed by atoms with Crippen molar-refractivity contribution in [3.8, 4) is 0 Å². The maximum Gasteiger partial charge on any atom is 0.354 e. The average molecular weight is 379 g/mol. The van der Waals surface area contributed by atoms with Crippen LogP contribution in [-0.4, -0.2) is 55.0 Å². The van der Waals surface area contributed by atoms with E-state index in [1.54, 1.807) is 12.1 Å². The predicted octanol–water partition coefficient (Wildman–Crippen LogP) is 1.82. The molecular formula is C17H18FN3O4S. The molecular weight excluding hydrogens is 361 g/mol. The number of halogens is 1. The minimum absolute atomic E-state index is 0.0532. The number of hydrogen-bond donors (Lipinski definition) is 1. The van der Waals surface area contributed by atoms with E-state index in [0.29, 0.717) is 31.9 Å². The number of rotatable bonds is 4. The van der Waals surface area contributed by atoms with Gasteiger partial charge in [0.05, 0.1) is 4.90 Å². The van der Waals surface area contributed by atoms with Crippen molar-refractivity contribution >= 4 is 21.8 Å². The highest BCUT2D eigenvalue weighted by Crippen LogP contribution is 2.20. The highest BCUT2D eigenvalue weighted by atomic mass is 32.2. The fraction of sp³-hybridized carbons (Fsp3) is 0.294. The first-order chi connectivity index (χ1) is 12.4. The molecule has 1 saturated heterocycles. The standard InChI is InChI=1S/C17H18FN3O4S/c18-13-5-7-14(8-6-13)26(24,25)21-10-2-9-20(11-12-21)16-4-1-3-15(19-16)17(22)23/h1,3-8H,2,9-12H2,(H,22,23). The Morgan fingerprint density at radius 3 is 2.46 bits per heavy atom. The number of aromatic nitrogens is 1. The molecule has 0 spiro atoms. The Labute approximate surface area is 150 Å². The van der Waals surface area contributed by atoms with Crippen LogP contribution in [0.4, 0.5) is 10.2 Å². The van der Waals surface area contributed by atoms with Crippen molar-refractivity contribution in [3.05, 3.63) is 54.0 Å². The lowest BCUT2D eigenvalue weighted by Crippen LogP contribution is -2.35. The van der Waals surface area contributed by atoms with Gasteiger partial charge in [0.1, 0.15) is 11.6 Å². The molecule has 9 heteroatoms. The SMILES string of the molecule is O=C(O)c1cccc(N2CCCN(S(=O)(=O)c3ccc(F)cc3)CC2)n1. The van der Waals surface area contributed by atoms with E-state index < -0.39 is 21.8 Å². The van der Waals surface area contributed by atoms with E-state index >= 15 is 0 Å². The number of hydrogen-bond acceptors (Lipinski definition) is 5. The van der Waals surface area contributed by atoms with Gasteiger partial charge in [0.15, 0.2) is 5.69 Å². The molecule has 1 N–H and O–H groups in total. The van der Waals surface area contributed by atoms with Crippen molar-refractivity contribution < 1.29 is 22.7 Å². The summed E-state index contributed by atoms with van der Waals surface area (Å²) >= 11 is 0. The zero-order chi connectivity index (χ0) is 18.7. The summed E-state index contributed by atoms with van der Waals surface area (Å²) in [5.41, 5.74) is -0.0532. The molecule has 3 rings (SSSR count). The second-order valence-electron chi connectivity index (χ2n) is 5.88. The number of carbonyl (C=O) groups is 1. The predicted molar refractivity (Wildman–Crippen MR) is 93.2 cm³/mol. The smallest absolute Gasteiger partial charge is 0.354 e. The van der Waals surface area contributed by atoms with Gasteiger partial charge in [-0.1, -0.05) is 6.07 Å². The van der Waals surface area contributed by atoms with E-state index in [9.17, 15) is 17.6 Å². The van der Waals surface area contributed by atoms with Crippen LogP contribution >= 0.6 is 0 Å². The average Bonchev–Trinajstić information content (AvgIpc) is 2.89. The quantitative estimate of drug-likeness (QED) is 0.871. The van der Waals surface area contributed by atoms with Gasteiger partial charge in [-0.15, -0.1) is 0 Å². The maximum atomic E-state index is 13.0. The van der Waals surface area contributed by atoms with Gasteiger partial charge >= 0.3 is 5.97 Å². The highest BCUT2D eigenvalue weighted by molar-refractivity contribution is 7.89. The summed E-state index contributed by atoms with van der Waals surface area (Å²) in [6.45, 7) is 1.51. The fourth-order valence-electron chi connectivity index (χ4n) is 2.84. The Bertz CT molecular complexity index is 902. The monoisotopic (exact) mass is 379 g/mol. The van der Waals surface area contributed by atoms with Crippen LogP contribution in [0.15, 0.2) is 47.4 Å². The number of anilines is 1. The van der Waals surface area contributed by atoms with Crippen molar-refractivity contribution in [1.82, 2.24) is 9.29 Å². The molecule has 0 amide bonds. The van der Waals surface area contributed by atoms with Gasteiger partial charge in [0.2, 0.25) is 10.0 Å². The van der Waals surface area contributed by atoms with Crippen LogP contribution in [0.1, 0.15) is 16.9 Å². The van der Waals surface area contributed by atoms with Crippen molar-refractivity contribution in [2.75, 3.05) is 31.1 Å². The number of carboxylic acid groups (broad SMARTS) is 1. The zero-order valence-electron chi connectivity index (χ0n) is 13.9. The van der Waals surface area contributed by atoms with Gasteiger partial charge in [-0.05, 0) is 42.8 Å². The minimum Gasteiger partial charge on any atom is -0.477 e. The van der Waals surface area contributed by atoms with Crippen molar-refractivity contribution in [2.45, 2.75) is 11.3 Å². The van der Waals surface area contributed by atoms with Crippen LogP contribution < -0.4 is 4.90 Å². The number of sulfonamides is 1. The lowest BCUT2D eigenvalue weighted by molar-refractivity contribution is 0.0690. The van der Waals surface area contributed by atoms with E-state index in [0.717, 1.165) is 12.1 Å². The molecule has 0 saturated carbocycles. The first-order valence-corrected chi connectivity index (χ1v) is 9.53. The number of carboxylic acids is 1. The number of aromatic carboxylic acids is 1. The maximum absolute atomic E-state index is 13.0. The van der Waals surface area contributed by atoms with E-state index in [2.05, 4.69) is 4.98 Å². The molecule has 26 heavy (non-hydrogen) atoms. The Hall–Kier alpha value is -2.52. The van der Waals surface area contributed by atoms with Crippen molar-refractivity contribution in [2.24, 2.45) is 0 Å². The van der Waals surface area contributed by atoms with E-state index in [-0.39, 0.29) is 17.1 Å². The normalized spacial score (nSPS) is 16.3. The highest BCUT2D eigenvalue weighted by Gasteiger charge is 2.27. The lowest BCUT2D eigenvalue weighted by atomic mass is 10.3. The summed E-state index contributed by atoms with van der Waals surface area (Å²) < 4.78 is 39.9. The Kier molecular flexibility index (Phi) is 5.19. The Morgan fingerprint density at radius 2 is 1.77 bits per heavy atom. The van der Waals surface area contributed by atoms with Crippen molar-refractivity contribution in [1.29, 1.82) is 0 Å². The van der Waals surface area contributed by atoms with Gasteiger partial charge in [-0.2, -0.15) is 4.31 Å². The first kappa shape index (κ1) is 18.3. The fourth-order valence-corrected chi connectivity index (χ4v) is 4.31. The topological polar surface area (TPSA) is 90.8 Å². The molecule has 0 radical (unpaired) electrons. The molecule has 0 atom stereocenters. The van der Waals surface area contributed by atoms with Gasteiger partial charge in [-0.25, -0.2) is 22.6 Å². The van der Waals surface area contributed by atoms with Crippen LogP contribution in [0.3, 0.4) is 0 Å². The molecule has 1 fully saturated rings. The summed E-state index contributed by atoms with van der Waals surface area (Å²) in [4.78, 5) is 17.1. The van der Waals surface area contributed by atoms with E-state index in [1.165, 1.54) is 22.5 Å². The summed E-state index contributed by atoms with van der Waals surface area (Å²) in [6.07, 6.45) is 0.569. The summed E-state index contributed by atoms with van der Waals surface area (Å²) in [6, 6.07) is 9.49. The Morgan fingerprint density at radius 1 is 1.04 bits per heavy atom. The third-order valence-corrected chi connectivity index (χ3v) is 6.10. The van der Waals surface area contributed by atoms with Crippen LogP contribution in [0, 0.1) is 5.82 Å².